The molecule has 1 N–H and O–H groups in total. The Kier molecular flexibility index (Phi) is 13.7. The minimum absolute atomic E-state index is 0.134. The summed E-state index contributed by atoms with van der Waals surface area (Å²) in [5, 5.41) is 9.51. The van der Waals surface area contributed by atoms with Gasteiger partial charge in [0.15, 0.2) is 5.60 Å². The summed E-state index contributed by atoms with van der Waals surface area (Å²) >= 11 is 3.30. The predicted molar refractivity (Wildman–Crippen MR) is 144 cm³/mol. The lowest BCUT2D eigenvalue weighted by molar-refractivity contribution is -0.160. The van der Waals surface area contributed by atoms with E-state index in [1.54, 1.807) is 37.3 Å². The van der Waals surface area contributed by atoms with Gasteiger partial charge in [0.05, 0.1) is 0 Å². The summed E-state index contributed by atoms with van der Waals surface area (Å²) in [6.45, 7) is 3.93. The molecule has 11 heteroatoms. The fourth-order valence-electron chi connectivity index (χ4n) is 3.93. The van der Waals surface area contributed by atoms with Gasteiger partial charge in [0.25, 0.3) is 0 Å². The summed E-state index contributed by atoms with van der Waals surface area (Å²) in [4.78, 5) is 0. The molecule has 0 unspecified atom stereocenters. The Bertz CT molecular complexity index is 980. The molecule has 2 aliphatic heterocycles. The van der Waals surface area contributed by atoms with E-state index in [4.69, 9.17) is 18.9 Å². The van der Waals surface area contributed by atoms with Crippen molar-refractivity contribution in [2.45, 2.75) is 44.8 Å². The minimum Gasteiger partial charge on any atom is -0.423 e. The first kappa shape index (κ1) is 32.7. The van der Waals surface area contributed by atoms with Gasteiger partial charge < -0.3 is 23.9 Å². The third-order valence-electron chi connectivity index (χ3n) is 6.23. The van der Waals surface area contributed by atoms with Gasteiger partial charge in [-0.05, 0) is 50.7 Å². The van der Waals surface area contributed by atoms with Crippen molar-refractivity contribution in [3.63, 3.8) is 0 Å². The fourth-order valence-corrected chi connectivity index (χ4v) is 4.54. The highest BCUT2D eigenvalue weighted by molar-refractivity contribution is 9.10. The number of rotatable bonds is 9. The van der Waals surface area contributed by atoms with E-state index < -0.39 is 45.0 Å². The van der Waals surface area contributed by atoms with Crippen LogP contribution in [0.5, 0.6) is 0 Å². The number of ether oxygens (including phenoxy) is 3. The molecule has 2 heterocycles. The Morgan fingerprint density at radius 1 is 1.00 bits per heavy atom. The van der Waals surface area contributed by atoms with Crippen molar-refractivity contribution in [1.82, 2.24) is 0 Å². The number of hydrogen-bond donors (Lipinski definition) is 1. The van der Waals surface area contributed by atoms with Crippen LogP contribution < -0.4 is 5.46 Å². The molecule has 2 aromatic rings. The van der Waals surface area contributed by atoms with Crippen LogP contribution in [0.3, 0.4) is 0 Å². The summed E-state index contributed by atoms with van der Waals surface area (Å²) < 4.78 is 73.2. The van der Waals surface area contributed by atoms with Crippen LogP contribution in [-0.4, -0.2) is 65.5 Å². The first-order valence-corrected chi connectivity index (χ1v) is 13.3. The van der Waals surface area contributed by atoms with Crippen molar-refractivity contribution in [3.05, 3.63) is 63.1 Å². The van der Waals surface area contributed by atoms with Gasteiger partial charge in [0.2, 0.25) is 0 Å². The summed E-state index contributed by atoms with van der Waals surface area (Å²) in [6.07, 6.45) is 2.56. The number of hydrogen-bond acceptors (Lipinski definition) is 5. The van der Waals surface area contributed by atoms with Crippen molar-refractivity contribution in [2.24, 2.45) is 0 Å². The number of fused-ring (bicyclic) bond motifs is 1. The van der Waals surface area contributed by atoms with Crippen LogP contribution in [0.25, 0.3) is 0 Å². The molecular weight excluding hydrogens is 571 g/mol. The van der Waals surface area contributed by atoms with Crippen LogP contribution in [0.2, 0.25) is 0 Å². The highest BCUT2D eigenvalue weighted by Gasteiger charge is 2.47. The monoisotopic (exact) mass is 606 g/mol. The van der Waals surface area contributed by atoms with Crippen molar-refractivity contribution in [1.29, 1.82) is 0 Å². The molecule has 1 saturated heterocycles. The lowest BCUT2D eigenvalue weighted by Gasteiger charge is -2.29. The van der Waals surface area contributed by atoms with E-state index in [1.165, 1.54) is 12.8 Å². The van der Waals surface area contributed by atoms with Gasteiger partial charge in [-0.15, -0.1) is 0 Å². The predicted octanol–water partition coefficient (Wildman–Crippen LogP) is 5.55. The number of alkyl halides is 4. The average Bonchev–Trinajstić information content (AvgIpc) is 3.60. The van der Waals surface area contributed by atoms with E-state index in [0.717, 1.165) is 24.3 Å². The normalized spacial score (nSPS) is 15.9. The second-order valence-corrected chi connectivity index (χ2v) is 10.00. The topological polar surface area (TPSA) is 57.2 Å². The fraction of sp³-hybridized carbons (Fsp3) is 0.556. The molecule has 0 saturated carbocycles. The Morgan fingerprint density at radius 2 is 1.61 bits per heavy atom. The maximum Gasteiger partial charge on any atom is 0.492 e. The van der Waals surface area contributed by atoms with E-state index in [9.17, 15) is 22.6 Å². The van der Waals surface area contributed by atoms with Crippen molar-refractivity contribution in [3.8, 4) is 0 Å². The van der Waals surface area contributed by atoms with Crippen LogP contribution in [0.4, 0.5) is 17.6 Å². The standard InChI is InChI=1S/C13H17BrF2O2.C10H11BF2O2.C4H8O/c1-3-17-9-18-13(7-15,8-16)11-6-10(2)4-5-12(11)14;1-7-2-3-9-8(4-7)10(5-12,6-13)15-11(9)14;1-2-4-5-3-1/h4-6H,3,7-9H2,1-2H3;2-4,14H,5-6H2,1H3;1-4H2. The highest BCUT2D eigenvalue weighted by Crippen LogP contribution is 2.34. The zero-order valence-corrected chi connectivity index (χ0v) is 23.7. The van der Waals surface area contributed by atoms with Crippen molar-refractivity contribution in [2.75, 3.05) is 53.3 Å². The zero-order chi connectivity index (χ0) is 28.2. The molecule has 212 valence electrons. The number of halogens is 5. The van der Waals surface area contributed by atoms with Gasteiger partial charge in [0.1, 0.15) is 39.1 Å². The third-order valence-corrected chi connectivity index (χ3v) is 6.92. The second kappa shape index (κ2) is 15.9. The van der Waals surface area contributed by atoms with Crippen LogP contribution in [-0.2, 0) is 30.1 Å². The molecule has 0 aliphatic carbocycles. The maximum absolute atomic E-state index is 13.3. The SMILES string of the molecule is C1CCOC1.CCOCOC(CF)(CF)c1cc(C)ccc1Br.Cc1ccc2c(c1)C(CF)(CF)OB2O. The van der Waals surface area contributed by atoms with E-state index in [2.05, 4.69) is 15.9 Å². The molecule has 0 radical (unpaired) electrons. The van der Waals surface area contributed by atoms with Crippen molar-refractivity contribution >= 4 is 28.5 Å². The average molecular weight is 607 g/mol. The molecule has 0 atom stereocenters. The first-order chi connectivity index (χ1) is 18.2. The van der Waals surface area contributed by atoms with E-state index in [0.29, 0.717) is 27.7 Å². The van der Waals surface area contributed by atoms with Crippen LogP contribution in [0, 0.1) is 13.8 Å². The Hall–Kier alpha value is -1.50. The van der Waals surface area contributed by atoms with Crippen LogP contribution in [0.1, 0.15) is 42.0 Å². The maximum atomic E-state index is 13.3. The van der Waals surface area contributed by atoms with E-state index in [1.807, 2.05) is 19.9 Å². The molecule has 0 amide bonds. The molecule has 2 aromatic carbocycles. The first-order valence-electron chi connectivity index (χ1n) is 12.5. The quantitative estimate of drug-likeness (QED) is 0.176. The van der Waals surface area contributed by atoms with Gasteiger partial charge >= 0.3 is 7.12 Å². The molecule has 38 heavy (non-hydrogen) atoms. The second-order valence-electron chi connectivity index (χ2n) is 9.14. The van der Waals surface area contributed by atoms with Gasteiger partial charge in [-0.1, -0.05) is 57.4 Å². The number of benzene rings is 2. The smallest absolute Gasteiger partial charge is 0.423 e. The summed E-state index contributed by atoms with van der Waals surface area (Å²) in [6, 6.07) is 10.4. The van der Waals surface area contributed by atoms with Gasteiger partial charge in [-0.3, -0.25) is 0 Å². The lowest BCUT2D eigenvalue weighted by Crippen LogP contribution is -2.36. The molecule has 4 rings (SSSR count). The lowest BCUT2D eigenvalue weighted by atomic mass is 9.78. The minimum atomic E-state index is -1.61. The molecule has 0 aromatic heterocycles. The van der Waals surface area contributed by atoms with Crippen LogP contribution >= 0.6 is 15.9 Å². The Labute approximate surface area is 231 Å². The molecule has 0 bridgehead atoms. The van der Waals surface area contributed by atoms with Gasteiger partial charge in [0, 0.05) is 29.9 Å². The van der Waals surface area contributed by atoms with E-state index in [-0.39, 0.29) is 6.79 Å². The van der Waals surface area contributed by atoms with Crippen molar-refractivity contribution < 1.29 is 41.5 Å². The highest BCUT2D eigenvalue weighted by atomic mass is 79.9. The molecule has 1 fully saturated rings. The number of aryl methyl sites for hydroxylation is 2. The van der Waals surface area contributed by atoms with E-state index >= 15 is 0 Å². The third kappa shape index (κ3) is 8.25. The molecule has 2 aliphatic rings. The summed E-state index contributed by atoms with van der Waals surface area (Å²) in [5.41, 5.74) is -0.0684. The Balaban J connectivity index is 0.000000227. The largest absolute Gasteiger partial charge is 0.492 e. The van der Waals surface area contributed by atoms with Crippen LogP contribution in [0.15, 0.2) is 40.9 Å². The Morgan fingerprint density at radius 3 is 2.13 bits per heavy atom. The van der Waals surface area contributed by atoms with Gasteiger partial charge in [-0.2, -0.15) is 0 Å². The molecule has 0 spiro atoms. The summed E-state index contributed by atoms with van der Waals surface area (Å²) in [5.74, 6) is 0. The summed E-state index contributed by atoms with van der Waals surface area (Å²) in [7, 11) is -1.23. The molecule has 5 nitrogen and oxygen atoms in total. The molecular formula is C27H36BBrF4O5. The zero-order valence-electron chi connectivity index (χ0n) is 22.1. The van der Waals surface area contributed by atoms with Gasteiger partial charge in [-0.25, -0.2) is 17.6 Å².